The van der Waals surface area contributed by atoms with Crippen molar-refractivity contribution in [3.8, 4) is 11.4 Å². The third-order valence-corrected chi connectivity index (χ3v) is 5.00. The van der Waals surface area contributed by atoms with Crippen molar-refractivity contribution in [2.75, 3.05) is 13.1 Å². The highest BCUT2D eigenvalue weighted by atomic mass is 19.1. The maximum Gasteiger partial charge on any atom is 0.272 e. The number of carbonyl (C=O) groups excluding carboxylic acids is 1. The molecule has 1 aliphatic heterocycles. The van der Waals surface area contributed by atoms with Gasteiger partial charge in [0.1, 0.15) is 17.3 Å². The maximum atomic E-state index is 13.1. The molecule has 3 heterocycles. The second kappa shape index (κ2) is 6.94. The minimum atomic E-state index is -0.282. The van der Waals surface area contributed by atoms with Crippen LogP contribution in [0.1, 0.15) is 40.8 Å². The average molecular weight is 368 g/mol. The highest BCUT2D eigenvalue weighted by Crippen LogP contribution is 2.27. The molecule has 0 saturated carbocycles. The Morgan fingerprint density at radius 3 is 2.56 bits per heavy atom. The van der Waals surface area contributed by atoms with Crippen LogP contribution in [0.15, 0.2) is 30.3 Å². The van der Waals surface area contributed by atoms with E-state index in [2.05, 4.69) is 20.3 Å². The maximum absolute atomic E-state index is 13.1. The second-order valence-corrected chi connectivity index (χ2v) is 6.91. The summed E-state index contributed by atoms with van der Waals surface area (Å²) in [6.45, 7) is 3.21. The molecule has 1 aromatic carbocycles. The molecule has 8 heteroatoms. The Morgan fingerprint density at radius 1 is 1.22 bits per heavy atom. The van der Waals surface area contributed by atoms with Gasteiger partial charge in [-0.1, -0.05) is 0 Å². The third kappa shape index (κ3) is 3.47. The summed E-state index contributed by atoms with van der Waals surface area (Å²) >= 11 is 0. The van der Waals surface area contributed by atoms with Crippen molar-refractivity contribution >= 4 is 5.91 Å². The lowest BCUT2D eigenvalue weighted by atomic mass is 9.96. The van der Waals surface area contributed by atoms with Gasteiger partial charge in [0.05, 0.1) is 5.69 Å². The molecule has 7 nitrogen and oxygen atoms in total. The zero-order valence-corrected chi connectivity index (χ0v) is 15.3. The second-order valence-electron chi connectivity index (χ2n) is 6.91. The van der Waals surface area contributed by atoms with Crippen LogP contribution in [-0.4, -0.2) is 48.9 Å². The lowest BCUT2D eigenvalue weighted by molar-refractivity contribution is 0.0700. The van der Waals surface area contributed by atoms with Crippen LogP contribution < -0.4 is 0 Å². The molecule has 1 fully saturated rings. The Labute approximate surface area is 156 Å². The van der Waals surface area contributed by atoms with Crippen molar-refractivity contribution in [3.63, 3.8) is 0 Å². The number of likely N-dealkylation sites (tertiary alicyclic amines) is 1. The van der Waals surface area contributed by atoms with Crippen LogP contribution in [0.2, 0.25) is 0 Å². The molecule has 0 radical (unpaired) electrons. The Hall–Kier alpha value is -3.03. The first-order valence-electron chi connectivity index (χ1n) is 8.99. The first-order valence-corrected chi connectivity index (χ1v) is 8.99. The predicted molar refractivity (Wildman–Crippen MR) is 97.6 cm³/mol. The summed E-state index contributed by atoms with van der Waals surface area (Å²) in [4.78, 5) is 19.1. The number of hydrogen-bond donors (Lipinski definition) is 1. The van der Waals surface area contributed by atoms with Crippen molar-refractivity contribution in [2.24, 2.45) is 7.05 Å². The molecule has 2 aromatic heterocycles. The third-order valence-electron chi connectivity index (χ3n) is 5.00. The minimum absolute atomic E-state index is 0.0149. The van der Waals surface area contributed by atoms with Gasteiger partial charge in [-0.2, -0.15) is 10.2 Å². The largest absolute Gasteiger partial charge is 0.337 e. The van der Waals surface area contributed by atoms with E-state index in [-0.39, 0.29) is 17.6 Å². The summed E-state index contributed by atoms with van der Waals surface area (Å²) < 4.78 is 14.7. The van der Waals surface area contributed by atoms with Gasteiger partial charge in [0.25, 0.3) is 5.91 Å². The summed E-state index contributed by atoms with van der Waals surface area (Å²) in [5.74, 6) is 1.34. The standard InChI is InChI=1S/C19H21FN6O/c1-12-11-16(25(2)24-12)19(27)26-9-7-14(8-10-26)18-21-17(22-23-18)13-3-5-15(20)6-4-13/h3-6,11,14H,7-10H2,1-2H3,(H,21,22,23). The van der Waals surface area contributed by atoms with Gasteiger partial charge in [0, 0.05) is 31.6 Å². The van der Waals surface area contributed by atoms with Gasteiger partial charge in [0.2, 0.25) is 0 Å². The Morgan fingerprint density at radius 2 is 1.93 bits per heavy atom. The number of nitrogens with zero attached hydrogens (tertiary/aromatic N) is 5. The molecule has 1 N–H and O–H groups in total. The molecule has 0 aliphatic carbocycles. The predicted octanol–water partition coefficient (Wildman–Crippen LogP) is 2.67. The van der Waals surface area contributed by atoms with Crippen LogP contribution in [-0.2, 0) is 7.05 Å². The molecular formula is C19H21FN6O. The van der Waals surface area contributed by atoms with Gasteiger partial charge in [-0.15, -0.1) is 0 Å². The lowest BCUT2D eigenvalue weighted by Gasteiger charge is -2.30. The number of H-pyrrole nitrogens is 1. The van der Waals surface area contributed by atoms with Crippen LogP contribution in [0.5, 0.6) is 0 Å². The number of carbonyl (C=O) groups is 1. The molecule has 27 heavy (non-hydrogen) atoms. The number of aryl methyl sites for hydroxylation is 2. The monoisotopic (exact) mass is 368 g/mol. The number of halogens is 1. The summed E-state index contributed by atoms with van der Waals surface area (Å²) in [5.41, 5.74) is 2.23. The SMILES string of the molecule is Cc1cc(C(=O)N2CCC(c3nc(-c4ccc(F)cc4)n[nH]3)CC2)n(C)n1. The Kier molecular flexibility index (Phi) is 4.47. The van der Waals surface area contributed by atoms with E-state index in [0.717, 1.165) is 29.9 Å². The van der Waals surface area contributed by atoms with Crippen molar-refractivity contribution in [1.29, 1.82) is 0 Å². The number of aromatic nitrogens is 5. The smallest absolute Gasteiger partial charge is 0.272 e. The quantitative estimate of drug-likeness (QED) is 0.771. The minimum Gasteiger partial charge on any atom is -0.337 e. The van der Waals surface area contributed by atoms with Crippen LogP contribution in [0.3, 0.4) is 0 Å². The lowest BCUT2D eigenvalue weighted by Crippen LogP contribution is -2.38. The van der Waals surface area contributed by atoms with E-state index in [1.165, 1.54) is 12.1 Å². The molecule has 1 aliphatic rings. The van der Waals surface area contributed by atoms with Crippen LogP contribution in [0, 0.1) is 12.7 Å². The number of amides is 1. The van der Waals surface area contributed by atoms with Gasteiger partial charge in [-0.25, -0.2) is 9.37 Å². The van der Waals surface area contributed by atoms with Crippen LogP contribution in [0.4, 0.5) is 4.39 Å². The zero-order chi connectivity index (χ0) is 19.0. The summed E-state index contributed by atoms with van der Waals surface area (Å²) in [7, 11) is 1.79. The fourth-order valence-corrected chi connectivity index (χ4v) is 3.51. The number of rotatable bonds is 3. The average Bonchev–Trinajstić information content (AvgIpc) is 3.28. The molecule has 0 atom stereocenters. The van der Waals surface area contributed by atoms with Crippen LogP contribution >= 0.6 is 0 Å². The van der Waals surface area contributed by atoms with Gasteiger partial charge < -0.3 is 4.90 Å². The fraction of sp³-hybridized carbons (Fsp3) is 0.368. The van der Waals surface area contributed by atoms with Gasteiger partial charge in [0.15, 0.2) is 5.82 Å². The van der Waals surface area contributed by atoms with Crippen molar-refractivity contribution in [1.82, 2.24) is 29.9 Å². The van der Waals surface area contributed by atoms with Crippen LogP contribution in [0.25, 0.3) is 11.4 Å². The van der Waals surface area contributed by atoms with Gasteiger partial charge in [-0.05, 0) is 50.1 Å². The number of benzene rings is 1. The number of nitrogens with one attached hydrogen (secondary N) is 1. The molecule has 0 bridgehead atoms. The van der Waals surface area contributed by atoms with E-state index in [1.54, 1.807) is 23.9 Å². The molecule has 0 spiro atoms. The number of hydrogen-bond acceptors (Lipinski definition) is 4. The van der Waals surface area contributed by atoms with Crippen molar-refractivity contribution in [3.05, 3.63) is 53.4 Å². The fourth-order valence-electron chi connectivity index (χ4n) is 3.51. The van der Waals surface area contributed by atoms with E-state index in [4.69, 9.17) is 0 Å². The first kappa shape index (κ1) is 17.4. The highest BCUT2D eigenvalue weighted by molar-refractivity contribution is 5.92. The van der Waals surface area contributed by atoms with Crippen molar-refractivity contribution in [2.45, 2.75) is 25.7 Å². The Bertz CT molecular complexity index is 953. The first-order chi connectivity index (χ1) is 13.0. The Balaban J connectivity index is 1.41. The molecule has 140 valence electrons. The van der Waals surface area contributed by atoms with Gasteiger partial charge in [-0.3, -0.25) is 14.6 Å². The highest BCUT2D eigenvalue weighted by Gasteiger charge is 2.28. The van der Waals surface area contributed by atoms with E-state index < -0.39 is 0 Å². The van der Waals surface area contributed by atoms with E-state index in [9.17, 15) is 9.18 Å². The normalized spacial score (nSPS) is 15.3. The van der Waals surface area contributed by atoms with Gasteiger partial charge >= 0.3 is 0 Å². The molecule has 1 amide bonds. The molecule has 3 aromatic rings. The molecule has 1 saturated heterocycles. The van der Waals surface area contributed by atoms with Crippen molar-refractivity contribution < 1.29 is 9.18 Å². The topological polar surface area (TPSA) is 79.7 Å². The molecule has 0 unspecified atom stereocenters. The number of piperidine rings is 1. The summed E-state index contributed by atoms with van der Waals surface area (Å²) in [6.07, 6.45) is 1.64. The van der Waals surface area contributed by atoms with E-state index in [0.29, 0.717) is 24.6 Å². The number of aromatic amines is 1. The molecular weight excluding hydrogens is 347 g/mol. The zero-order valence-electron chi connectivity index (χ0n) is 15.3. The van der Waals surface area contributed by atoms with E-state index >= 15 is 0 Å². The summed E-state index contributed by atoms with van der Waals surface area (Å²) in [6, 6.07) is 7.95. The summed E-state index contributed by atoms with van der Waals surface area (Å²) in [5, 5.41) is 11.5. The van der Waals surface area contributed by atoms with E-state index in [1.807, 2.05) is 17.9 Å². The molecule has 4 rings (SSSR count).